The van der Waals surface area contributed by atoms with Crippen LogP contribution in [-0.4, -0.2) is 66.4 Å². The zero-order valence-electron chi connectivity index (χ0n) is 23.5. The number of methoxy groups -OCH3 is 1. The van der Waals surface area contributed by atoms with Gasteiger partial charge in [-0.1, -0.05) is 6.58 Å². The Labute approximate surface area is 240 Å². The third-order valence-corrected chi connectivity index (χ3v) is 5.80. The number of hydrogen-bond donors (Lipinski definition) is 3. The van der Waals surface area contributed by atoms with E-state index in [0.717, 1.165) is 12.1 Å². The molecule has 224 valence electrons. The van der Waals surface area contributed by atoms with Gasteiger partial charge in [-0.05, 0) is 51.5 Å². The number of rotatable bonds is 15. The molecule has 2 aromatic carbocycles. The maximum atomic E-state index is 12.8. The summed E-state index contributed by atoms with van der Waals surface area (Å²) in [6.45, 7) is 7.72. The molecule has 2 amide bonds. The Kier molecular flexibility index (Phi) is 11.7. The van der Waals surface area contributed by atoms with Crippen LogP contribution in [0.15, 0.2) is 42.5 Å². The Morgan fingerprint density at radius 1 is 1.02 bits per heavy atom. The number of Topliss-reactive ketones (excluding diaryl/α,β-unsaturated/α-hetero) is 1. The van der Waals surface area contributed by atoms with Gasteiger partial charge in [-0.25, -0.2) is 9.59 Å². The molecule has 0 radical (unpaired) electrons. The van der Waals surface area contributed by atoms with E-state index in [1.54, 1.807) is 6.92 Å². The van der Waals surface area contributed by atoms with Crippen LogP contribution in [0, 0.1) is 10.1 Å². The van der Waals surface area contributed by atoms with E-state index in [2.05, 4.69) is 17.2 Å². The number of hydrogen-bond acceptors (Lipinski definition) is 10. The van der Waals surface area contributed by atoms with Crippen molar-refractivity contribution in [1.29, 1.82) is 0 Å². The summed E-state index contributed by atoms with van der Waals surface area (Å²) in [6.07, 6.45) is -0.751. The predicted octanol–water partition coefficient (Wildman–Crippen LogP) is 3.00. The number of nitro benzene ring substituents is 1. The number of benzene rings is 2. The summed E-state index contributed by atoms with van der Waals surface area (Å²) in [5.41, 5.74) is -0.844. The minimum atomic E-state index is -1.42. The fourth-order valence-corrected chi connectivity index (χ4v) is 3.63. The molecule has 0 heterocycles. The molecule has 0 saturated carbocycles. The molecule has 0 bridgehead atoms. The fourth-order valence-electron chi connectivity index (χ4n) is 3.63. The molecule has 0 spiro atoms. The summed E-state index contributed by atoms with van der Waals surface area (Å²) in [7, 11) is 1.28. The van der Waals surface area contributed by atoms with Gasteiger partial charge in [-0.2, -0.15) is 0 Å². The summed E-state index contributed by atoms with van der Waals surface area (Å²) >= 11 is 0. The van der Waals surface area contributed by atoms with E-state index in [1.165, 1.54) is 39.2 Å². The highest BCUT2D eigenvalue weighted by atomic mass is 16.6. The minimum absolute atomic E-state index is 0.0211. The van der Waals surface area contributed by atoms with Gasteiger partial charge in [0.1, 0.15) is 6.10 Å². The van der Waals surface area contributed by atoms with Gasteiger partial charge in [-0.15, -0.1) is 0 Å². The number of carbonyl (C=O) groups excluding carboxylic acids is 4. The third kappa shape index (κ3) is 8.87. The summed E-state index contributed by atoms with van der Waals surface area (Å²) in [5, 5.41) is 26.5. The lowest BCUT2D eigenvalue weighted by Gasteiger charge is -2.17. The molecule has 1 atom stereocenters. The van der Waals surface area contributed by atoms with Gasteiger partial charge in [-0.3, -0.25) is 24.5 Å². The van der Waals surface area contributed by atoms with Gasteiger partial charge in [0.25, 0.3) is 11.6 Å². The Morgan fingerprint density at radius 3 is 2.26 bits per heavy atom. The fraction of sp³-hybridized carbons (Fsp3) is 0.321. The lowest BCUT2D eigenvalue weighted by molar-refractivity contribution is -0.386. The van der Waals surface area contributed by atoms with Gasteiger partial charge in [0, 0.05) is 24.2 Å². The molecular weight excluding hydrogens is 554 g/mol. The number of carboxylic acid groups (broad SMARTS) is 1. The number of esters is 1. The molecule has 0 aliphatic carbocycles. The first-order valence-electron chi connectivity index (χ1n) is 12.6. The number of ether oxygens (including phenoxy) is 3. The number of nitrogens with zero attached hydrogens (tertiary/aromatic N) is 1. The summed E-state index contributed by atoms with van der Waals surface area (Å²) in [6, 6.07) is 5.65. The average molecular weight is 586 g/mol. The number of aromatic carboxylic acids is 1. The predicted molar refractivity (Wildman–Crippen MR) is 148 cm³/mol. The van der Waals surface area contributed by atoms with Crippen LogP contribution in [0.3, 0.4) is 0 Å². The number of carbonyl (C=O) groups is 5. The van der Waals surface area contributed by atoms with Crippen LogP contribution in [0.4, 0.5) is 5.69 Å². The van der Waals surface area contributed by atoms with Gasteiger partial charge in [0.15, 0.2) is 23.9 Å². The van der Waals surface area contributed by atoms with E-state index in [9.17, 15) is 39.2 Å². The molecule has 0 aliphatic heterocycles. The van der Waals surface area contributed by atoms with Crippen LogP contribution in [-0.2, 0) is 14.3 Å². The van der Waals surface area contributed by atoms with Crippen molar-refractivity contribution >= 4 is 35.2 Å². The molecule has 42 heavy (non-hydrogen) atoms. The Bertz CT molecular complexity index is 1420. The Hall–Kier alpha value is -5.27. The molecule has 14 heteroatoms. The molecule has 3 N–H and O–H groups in total. The minimum Gasteiger partial charge on any atom is -0.493 e. The monoisotopic (exact) mass is 585 g/mol. The molecule has 1 unspecified atom stereocenters. The van der Waals surface area contributed by atoms with Crippen molar-refractivity contribution in [3.8, 4) is 11.5 Å². The van der Waals surface area contributed by atoms with Crippen molar-refractivity contribution in [1.82, 2.24) is 10.6 Å². The van der Waals surface area contributed by atoms with Crippen LogP contribution in [0.1, 0.15) is 69.9 Å². The van der Waals surface area contributed by atoms with Gasteiger partial charge in [0.05, 0.1) is 34.8 Å². The molecule has 0 aliphatic rings. The molecule has 2 rings (SSSR count). The highest BCUT2D eigenvalue weighted by molar-refractivity contribution is 6.06. The summed E-state index contributed by atoms with van der Waals surface area (Å²) in [5.74, 6) is -3.80. The molecule has 0 saturated heterocycles. The molecular formula is C28H31N3O11. The Balaban J connectivity index is 2.14. The zero-order valence-corrected chi connectivity index (χ0v) is 23.5. The second-order valence-corrected chi connectivity index (χ2v) is 9.02. The van der Waals surface area contributed by atoms with Gasteiger partial charge < -0.3 is 30.0 Å². The molecule has 0 fully saturated rings. The van der Waals surface area contributed by atoms with Crippen molar-refractivity contribution < 1.29 is 48.2 Å². The quantitative estimate of drug-likeness (QED) is 0.0693. The van der Waals surface area contributed by atoms with Crippen LogP contribution < -0.4 is 20.1 Å². The van der Waals surface area contributed by atoms with E-state index in [1.807, 2.05) is 0 Å². The smallest absolute Gasteiger partial charge is 0.338 e. The molecule has 14 nitrogen and oxygen atoms in total. The van der Waals surface area contributed by atoms with Crippen LogP contribution in [0.2, 0.25) is 0 Å². The van der Waals surface area contributed by atoms with Crippen molar-refractivity contribution in [2.45, 2.75) is 33.3 Å². The van der Waals surface area contributed by atoms with E-state index in [0.29, 0.717) is 18.5 Å². The first-order valence-corrected chi connectivity index (χ1v) is 12.6. The number of nitro groups is 1. The highest BCUT2D eigenvalue weighted by Gasteiger charge is 2.27. The summed E-state index contributed by atoms with van der Waals surface area (Å²) < 4.78 is 16.1. The van der Waals surface area contributed by atoms with Crippen LogP contribution >= 0.6 is 0 Å². The Morgan fingerprint density at radius 2 is 1.69 bits per heavy atom. The highest BCUT2D eigenvalue weighted by Crippen LogP contribution is 2.38. The number of amides is 2. The van der Waals surface area contributed by atoms with E-state index in [-0.39, 0.29) is 40.6 Å². The average Bonchev–Trinajstić information content (AvgIpc) is 2.94. The first-order chi connectivity index (χ1) is 19.8. The van der Waals surface area contributed by atoms with E-state index in [4.69, 9.17) is 14.2 Å². The van der Waals surface area contributed by atoms with Crippen molar-refractivity contribution in [3.63, 3.8) is 0 Å². The second-order valence-electron chi connectivity index (χ2n) is 9.02. The van der Waals surface area contributed by atoms with Crippen molar-refractivity contribution in [3.05, 3.63) is 74.9 Å². The largest absolute Gasteiger partial charge is 0.493 e. The maximum Gasteiger partial charge on any atom is 0.338 e. The molecule has 0 aromatic heterocycles. The number of carboxylic acids is 1. The van der Waals surface area contributed by atoms with E-state index < -0.39 is 52.5 Å². The zero-order chi connectivity index (χ0) is 31.6. The van der Waals surface area contributed by atoms with Crippen molar-refractivity contribution in [2.75, 3.05) is 26.8 Å². The standard InChI is InChI=1S/C28H31N3O11/c1-15(2)26(34)30-10-6-9-29-25(33)14-41-24-13-22(31(38)39)20(12-23(24)40-5)17(4)42-28(37)18-7-8-19(16(3)32)21(11-18)27(35)36/h7-8,11-13,17H,1,6,9-10,14H2,2-5H3,(H,29,33)(H,30,34)(H,35,36). The summed E-state index contributed by atoms with van der Waals surface area (Å²) in [4.78, 5) is 70.7. The van der Waals surface area contributed by atoms with Gasteiger partial charge >= 0.3 is 11.9 Å². The number of ketones is 1. The van der Waals surface area contributed by atoms with E-state index >= 15 is 0 Å². The van der Waals surface area contributed by atoms with Gasteiger partial charge in [0.2, 0.25) is 5.91 Å². The number of nitrogens with one attached hydrogen (secondary N) is 2. The second kappa shape index (κ2) is 14.9. The van der Waals surface area contributed by atoms with Crippen LogP contribution in [0.25, 0.3) is 0 Å². The molecule has 2 aromatic rings. The lowest BCUT2D eigenvalue weighted by atomic mass is 10.0. The first kappa shape index (κ1) is 32.9. The van der Waals surface area contributed by atoms with Crippen LogP contribution in [0.5, 0.6) is 11.5 Å². The normalized spacial score (nSPS) is 11.0. The maximum absolute atomic E-state index is 12.8. The third-order valence-electron chi connectivity index (χ3n) is 5.80. The SMILES string of the molecule is C=C(C)C(=O)NCCCNC(=O)COc1cc([N+](=O)[O-])c(C(C)OC(=O)c2ccc(C(C)=O)c(C(=O)O)c2)cc1OC. The lowest BCUT2D eigenvalue weighted by Crippen LogP contribution is -2.32. The topological polar surface area (TPSA) is 200 Å². The van der Waals surface area contributed by atoms with Crippen molar-refractivity contribution in [2.24, 2.45) is 0 Å².